The van der Waals surface area contributed by atoms with E-state index in [9.17, 15) is 4.79 Å². The molecule has 2 aliphatic heterocycles. The lowest BCUT2D eigenvalue weighted by atomic mass is 10.1. The molecule has 1 aromatic carbocycles. The predicted octanol–water partition coefficient (Wildman–Crippen LogP) is 1.77. The van der Waals surface area contributed by atoms with Gasteiger partial charge >= 0.3 is 0 Å². The van der Waals surface area contributed by atoms with Gasteiger partial charge in [0, 0.05) is 51.1 Å². The number of rotatable bonds is 3. The van der Waals surface area contributed by atoms with Crippen LogP contribution < -0.4 is 9.64 Å². The summed E-state index contributed by atoms with van der Waals surface area (Å²) < 4.78 is 5.51. The summed E-state index contributed by atoms with van der Waals surface area (Å²) in [6, 6.07) is 7.86. The van der Waals surface area contributed by atoms with Crippen molar-refractivity contribution in [3.63, 3.8) is 0 Å². The lowest BCUT2D eigenvalue weighted by molar-refractivity contribution is -0.126. The van der Waals surface area contributed by atoms with Gasteiger partial charge in [0.2, 0.25) is 11.9 Å². The minimum Gasteiger partial charge on any atom is -0.493 e. The molecule has 0 bridgehead atoms. The molecule has 3 heterocycles. The Morgan fingerprint density at radius 3 is 2.72 bits per heavy atom. The minimum atomic E-state index is 0.0466. The molecule has 25 heavy (non-hydrogen) atoms. The van der Waals surface area contributed by atoms with Gasteiger partial charge in [-0.1, -0.05) is 6.07 Å². The number of carbonyl (C=O) groups is 1. The van der Waals surface area contributed by atoms with Crippen molar-refractivity contribution in [2.24, 2.45) is 0 Å². The van der Waals surface area contributed by atoms with Gasteiger partial charge in [-0.05, 0) is 35.4 Å². The number of piperazine rings is 1. The van der Waals surface area contributed by atoms with Crippen LogP contribution >= 0.6 is 0 Å². The van der Waals surface area contributed by atoms with Crippen molar-refractivity contribution in [1.82, 2.24) is 14.9 Å². The molecule has 0 unspecified atom stereocenters. The Hall–Kier alpha value is -2.89. The van der Waals surface area contributed by atoms with Gasteiger partial charge in [-0.2, -0.15) is 0 Å². The Bertz CT molecular complexity index is 783. The second-order valence-corrected chi connectivity index (χ2v) is 6.16. The van der Waals surface area contributed by atoms with Gasteiger partial charge in [-0.3, -0.25) is 4.79 Å². The van der Waals surface area contributed by atoms with E-state index in [4.69, 9.17) is 4.74 Å². The van der Waals surface area contributed by atoms with E-state index in [2.05, 4.69) is 20.9 Å². The van der Waals surface area contributed by atoms with Crippen LogP contribution in [0.3, 0.4) is 0 Å². The highest BCUT2D eigenvalue weighted by Crippen LogP contribution is 2.26. The SMILES string of the molecule is O=C(C=Cc1ccc2c(c1)CCO2)N1CCN(c2ncccn2)CC1. The average Bonchev–Trinajstić information content (AvgIpc) is 3.15. The van der Waals surface area contributed by atoms with Crippen molar-refractivity contribution in [3.05, 3.63) is 53.9 Å². The van der Waals surface area contributed by atoms with Crippen LogP contribution in [0.5, 0.6) is 5.75 Å². The van der Waals surface area contributed by atoms with Gasteiger partial charge in [0.25, 0.3) is 0 Å². The maximum Gasteiger partial charge on any atom is 0.246 e. The highest BCUT2D eigenvalue weighted by atomic mass is 16.5. The Morgan fingerprint density at radius 2 is 1.92 bits per heavy atom. The van der Waals surface area contributed by atoms with Crippen molar-refractivity contribution < 1.29 is 9.53 Å². The summed E-state index contributed by atoms with van der Waals surface area (Å²) in [7, 11) is 0. The molecule has 0 radical (unpaired) electrons. The quantitative estimate of drug-likeness (QED) is 0.800. The molecule has 0 spiro atoms. The molecule has 0 N–H and O–H groups in total. The molecular weight excluding hydrogens is 316 g/mol. The summed E-state index contributed by atoms with van der Waals surface area (Å²) in [5.41, 5.74) is 2.25. The van der Waals surface area contributed by atoms with Crippen molar-refractivity contribution in [3.8, 4) is 5.75 Å². The molecule has 1 amide bonds. The Kier molecular flexibility index (Phi) is 4.33. The zero-order valence-electron chi connectivity index (χ0n) is 14.0. The Labute approximate surface area is 146 Å². The molecule has 1 saturated heterocycles. The topological polar surface area (TPSA) is 58.6 Å². The maximum atomic E-state index is 12.4. The number of aromatic nitrogens is 2. The van der Waals surface area contributed by atoms with Gasteiger partial charge in [0.05, 0.1) is 6.61 Å². The zero-order valence-corrected chi connectivity index (χ0v) is 14.0. The smallest absolute Gasteiger partial charge is 0.246 e. The van der Waals surface area contributed by atoms with Crippen molar-refractivity contribution in [2.75, 3.05) is 37.7 Å². The van der Waals surface area contributed by atoms with Crippen LogP contribution in [-0.2, 0) is 11.2 Å². The van der Waals surface area contributed by atoms with Gasteiger partial charge in [0.15, 0.2) is 0 Å². The van der Waals surface area contributed by atoms with E-state index in [0.717, 1.165) is 43.4 Å². The molecule has 128 valence electrons. The van der Waals surface area contributed by atoms with Crippen LogP contribution in [0.2, 0.25) is 0 Å². The van der Waals surface area contributed by atoms with E-state index in [1.54, 1.807) is 24.5 Å². The molecule has 0 saturated carbocycles. The second kappa shape index (κ2) is 6.93. The molecular formula is C19H20N4O2. The van der Waals surface area contributed by atoms with E-state index in [0.29, 0.717) is 13.1 Å². The summed E-state index contributed by atoms with van der Waals surface area (Å²) in [6.45, 7) is 3.61. The number of fused-ring (bicyclic) bond motifs is 1. The molecule has 0 aliphatic carbocycles. The third-order valence-corrected chi connectivity index (χ3v) is 4.56. The summed E-state index contributed by atoms with van der Waals surface area (Å²) in [5.74, 6) is 1.73. The predicted molar refractivity (Wildman–Crippen MR) is 95.5 cm³/mol. The lowest BCUT2D eigenvalue weighted by Crippen LogP contribution is -2.48. The van der Waals surface area contributed by atoms with Gasteiger partial charge in [-0.15, -0.1) is 0 Å². The summed E-state index contributed by atoms with van der Waals surface area (Å²) >= 11 is 0. The molecule has 6 heteroatoms. The van der Waals surface area contributed by atoms with Crippen LogP contribution in [0.15, 0.2) is 42.7 Å². The van der Waals surface area contributed by atoms with E-state index in [-0.39, 0.29) is 5.91 Å². The highest BCUT2D eigenvalue weighted by molar-refractivity contribution is 5.92. The first-order valence-electron chi connectivity index (χ1n) is 8.54. The Balaban J connectivity index is 1.34. The minimum absolute atomic E-state index is 0.0466. The Morgan fingerprint density at radius 1 is 1.12 bits per heavy atom. The van der Waals surface area contributed by atoms with Crippen molar-refractivity contribution >= 4 is 17.9 Å². The number of ether oxygens (including phenoxy) is 1. The van der Waals surface area contributed by atoms with Crippen LogP contribution in [0, 0.1) is 0 Å². The van der Waals surface area contributed by atoms with Gasteiger partial charge < -0.3 is 14.5 Å². The molecule has 2 aromatic rings. The third-order valence-electron chi connectivity index (χ3n) is 4.56. The average molecular weight is 336 g/mol. The largest absolute Gasteiger partial charge is 0.493 e. The van der Waals surface area contributed by atoms with Crippen LogP contribution in [-0.4, -0.2) is 53.6 Å². The van der Waals surface area contributed by atoms with Gasteiger partial charge in [0.1, 0.15) is 5.75 Å². The van der Waals surface area contributed by atoms with Crippen LogP contribution in [0.1, 0.15) is 11.1 Å². The molecule has 2 aliphatic rings. The normalized spacial score (nSPS) is 16.8. The summed E-state index contributed by atoms with van der Waals surface area (Å²) in [4.78, 5) is 24.9. The van der Waals surface area contributed by atoms with Crippen molar-refractivity contribution in [1.29, 1.82) is 0 Å². The standard InChI is InChI=1S/C19H20N4O2/c24-18(5-3-15-2-4-17-16(14-15)6-13-25-17)22-9-11-23(12-10-22)19-20-7-1-8-21-19/h1-5,7-8,14H,6,9-13H2. The molecule has 6 nitrogen and oxygen atoms in total. The van der Waals surface area contributed by atoms with Crippen LogP contribution in [0.4, 0.5) is 5.95 Å². The molecule has 0 atom stereocenters. The molecule has 1 fully saturated rings. The fraction of sp³-hybridized carbons (Fsp3) is 0.316. The molecule has 1 aromatic heterocycles. The van der Waals surface area contributed by atoms with E-state index in [1.807, 2.05) is 23.1 Å². The van der Waals surface area contributed by atoms with E-state index in [1.165, 1.54) is 5.56 Å². The van der Waals surface area contributed by atoms with E-state index < -0.39 is 0 Å². The number of hydrogen-bond acceptors (Lipinski definition) is 5. The fourth-order valence-corrected chi connectivity index (χ4v) is 3.16. The first kappa shape index (κ1) is 15.6. The fourth-order valence-electron chi connectivity index (χ4n) is 3.16. The third kappa shape index (κ3) is 3.47. The first-order chi connectivity index (χ1) is 12.3. The number of anilines is 1. The van der Waals surface area contributed by atoms with E-state index >= 15 is 0 Å². The number of nitrogens with zero attached hydrogens (tertiary/aromatic N) is 4. The second-order valence-electron chi connectivity index (χ2n) is 6.16. The zero-order chi connectivity index (χ0) is 17.1. The first-order valence-corrected chi connectivity index (χ1v) is 8.54. The molecule has 4 rings (SSSR count). The summed E-state index contributed by atoms with van der Waals surface area (Å²) in [6.07, 6.45) is 7.96. The summed E-state index contributed by atoms with van der Waals surface area (Å²) in [5, 5.41) is 0. The lowest BCUT2D eigenvalue weighted by Gasteiger charge is -2.34. The number of benzene rings is 1. The number of hydrogen-bond donors (Lipinski definition) is 0. The monoisotopic (exact) mass is 336 g/mol. The van der Waals surface area contributed by atoms with Crippen LogP contribution in [0.25, 0.3) is 6.08 Å². The highest BCUT2D eigenvalue weighted by Gasteiger charge is 2.21. The van der Waals surface area contributed by atoms with Gasteiger partial charge in [-0.25, -0.2) is 9.97 Å². The van der Waals surface area contributed by atoms with Crippen molar-refractivity contribution in [2.45, 2.75) is 6.42 Å². The number of amides is 1. The number of carbonyl (C=O) groups excluding carboxylic acids is 1. The maximum absolute atomic E-state index is 12.4.